The molecule has 0 aliphatic carbocycles. The van der Waals surface area contributed by atoms with Crippen molar-refractivity contribution >= 4 is 33.9 Å². The molecule has 1 atom stereocenters. The number of halogens is 3. The summed E-state index contributed by atoms with van der Waals surface area (Å²) in [5.74, 6) is 0.326. The Morgan fingerprint density at radius 3 is 2.39 bits per heavy atom. The van der Waals surface area contributed by atoms with Gasteiger partial charge in [-0.25, -0.2) is 9.97 Å². The highest BCUT2D eigenvalue weighted by molar-refractivity contribution is 6.10. The maximum Gasteiger partial charge on any atom is 0.416 e. The van der Waals surface area contributed by atoms with E-state index in [0.717, 1.165) is 31.4 Å². The Balaban J connectivity index is 1.75. The lowest BCUT2D eigenvalue weighted by Crippen LogP contribution is -2.33. The number of amides is 1. The predicted molar refractivity (Wildman–Crippen MR) is 136 cm³/mol. The van der Waals surface area contributed by atoms with E-state index < -0.39 is 11.7 Å². The minimum absolute atomic E-state index is 0.0104. The average Bonchev–Trinajstić information content (AvgIpc) is 3.07. The molecule has 0 saturated carbocycles. The van der Waals surface area contributed by atoms with Crippen molar-refractivity contribution in [2.45, 2.75) is 58.8 Å². The quantitative estimate of drug-likeness (QED) is 0.304. The van der Waals surface area contributed by atoms with Gasteiger partial charge < -0.3 is 15.6 Å². The summed E-state index contributed by atoms with van der Waals surface area (Å²) in [4.78, 5) is 22.7. The number of nitrogens with one attached hydrogen (secondary N) is 1. The Morgan fingerprint density at radius 1 is 1.03 bits per heavy atom. The van der Waals surface area contributed by atoms with Crippen molar-refractivity contribution in [2.75, 3.05) is 5.73 Å². The number of fused-ring (bicyclic) bond motifs is 2. The number of para-hydroxylation sites is 2. The molecule has 2 aromatic heterocycles. The van der Waals surface area contributed by atoms with Gasteiger partial charge >= 0.3 is 6.18 Å². The number of nitrogens with two attached hydrogens (primary N) is 1. The summed E-state index contributed by atoms with van der Waals surface area (Å²) in [6, 6.07) is 12.2. The topological polar surface area (TPSA) is 85.8 Å². The lowest BCUT2D eigenvalue weighted by atomic mass is 10.0. The zero-order valence-corrected chi connectivity index (χ0v) is 20.6. The molecular weight excluding hydrogens is 467 g/mol. The molecule has 0 aliphatic heterocycles. The molecule has 0 bridgehead atoms. The maximum atomic E-state index is 13.4. The number of anilines is 1. The molecule has 9 heteroatoms. The van der Waals surface area contributed by atoms with Crippen LogP contribution in [0.25, 0.3) is 22.2 Å². The van der Waals surface area contributed by atoms with E-state index in [-0.39, 0.29) is 29.9 Å². The third-order valence-corrected chi connectivity index (χ3v) is 6.21. The van der Waals surface area contributed by atoms with Crippen LogP contribution in [0, 0.1) is 5.92 Å². The molecule has 0 radical (unpaired) electrons. The van der Waals surface area contributed by atoms with Crippen molar-refractivity contribution in [2.24, 2.45) is 5.92 Å². The Labute approximate surface area is 207 Å². The monoisotopic (exact) mass is 497 g/mol. The van der Waals surface area contributed by atoms with Crippen LogP contribution < -0.4 is 11.1 Å². The van der Waals surface area contributed by atoms with Gasteiger partial charge in [0, 0.05) is 6.04 Å². The third kappa shape index (κ3) is 5.45. The summed E-state index contributed by atoms with van der Waals surface area (Å²) in [5.41, 5.74) is 8.16. The van der Waals surface area contributed by atoms with E-state index in [2.05, 4.69) is 29.1 Å². The molecule has 4 aromatic rings. The van der Waals surface area contributed by atoms with E-state index in [4.69, 9.17) is 5.73 Å². The molecule has 6 nitrogen and oxygen atoms in total. The highest BCUT2D eigenvalue weighted by Gasteiger charge is 2.31. The minimum Gasteiger partial charge on any atom is -0.384 e. The van der Waals surface area contributed by atoms with E-state index in [1.165, 1.54) is 6.07 Å². The van der Waals surface area contributed by atoms with E-state index in [1.54, 1.807) is 22.8 Å². The molecule has 0 spiro atoms. The van der Waals surface area contributed by atoms with Gasteiger partial charge in [-0.2, -0.15) is 13.2 Å². The van der Waals surface area contributed by atoms with E-state index in [9.17, 15) is 18.0 Å². The van der Waals surface area contributed by atoms with Gasteiger partial charge in [0.2, 0.25) is 0 Å². The molecule has 0 fully saturated rings. The number of rotatable bonds is 8. The number of nitrogens with zero attached hydrogens (tertiary/aromatic N) is 3. The first-order chi connectivity index (χ1) is 17.0. The van der Waals surface area contributed by atoms with Crippen molar-refractivity contribution in [3.8, 4) is 0 Å². The number of nitrogen functional groups attached to an aromatic ring is 1. The number of benzene rings is 2. The van der Waals surface area contributed by atoms with Gasteiger partial charge in [-0.05, 0) is 49.1 Å². The number of carbonyl (C=O) groups excluding carboxylic acids is 1. The highest BCUT2D eigenvalue weighted by Crippen LogP contribution is 2.32. The Kier molecular flexibility index (Phi) is 7.19. The second-order valence-corrected chi connectivity index (χ2v) is 9.63. The van der Waals surface area contributed by atoms with Crippen molar-refractivity contribution in [1.29, 1.82) is 0 Å². The first-order valence-electron chi connectivity index (χ1n) is 12.1. The number of hydrogen-bond donors (Lipinski definition) is 2. The molecule has 0 saturated heterocycles. The molecule has 4 rings (SSSR count). The summed E-state index contributed by atoms with van der Waals surface area (Å²) >= 11 is 0. The first kappa shape index (κ1) is 25.5. The Hall–Kier alpha value is -3.62. The van der Waals surface area contributed by atoms with Crippen molar-refractivity contribution in [1.82, 2.24) is 19.9 Å². The van der Waals surface area contributed by atoms with E-state index in [1.807, 2.05) is 19.1 Å². The molecule has 0 aliphatic rings. The van der Waals surface area contributed by atoms with Gasteiger partial charge in [0.05, 0.1) is 23.1 Å². The van der Waals surface area contributed by atoms with Crippen LogP contribution in [-0.4, -0.2) is 26.5 Å². The van der Waals surface area contributed by atoms with Crippen LogP contribution in [0.2, 0.25) is 0 Å². The normalized spacial score (nSPS) is 13.0. The number of carbonyl (C=O) groups is 1. The lowest BCUT2D eigenvalue weighted by Gasteiger charge is -2.15. The molecule has 190 valence electrons. The lowest BCUT2D eigenvalue weighted by molar-refractivity contribution is -0.137. The van der Waals surface area contributed by atoms with Crippen LogP contribution in [-0.2, 0) is 12.7 Å². The maximum absolute atomic E-state index is 13.4. The largest absolute Gasteiger partial charge is 0.416 e. The zero-order chi connectivity index (χ0) is 26.0. The fourth-order valence-corrected chi connectivity index (χ4v) is 4.33. The standard InChI is InChI=1S/C27H30F3N5O/c1-16(2)8-6-9-17(3)32-26(36)22-23-25(34-21-13-5-4-12-20(21)33-23)35(24(22)31)15-18-10-7-11-19(14-18)27(28,29)30/h4-5,7,10-14,16-17H,6,8-9,15,31H2,1-3H3,(H,32,36)/t17-/m0/s1. The summed E-state index contributed by atoms with van der Waals surface area (Å²) in [6.07, 6.45) is -1.60. The second kappa shape index (κ2) is 10.2. The van der Waals surface area contributed by atoms with E-state index >= 15 is 0 Å². The molecule has 2 heterocycles. The average molecular weight is 498 g/mol. The Morgan fingerprint density at radius 2 is 1.72 bits per heavy atom. The van der Waals surface area contributed by atoms with Gasteiger partial charge in [0.1, 0.15) is 16.9 Å². The smallest absolute Gasteiger partial charge is 0.384 e. The number of hydrogen-bond acceptors (Lipinski definition) is 4. The predicted octanol–water partition coefficient (Wildman–Crippen LogP) is 6.18. The van der Waals surface area contributed by atoms with Crippen LogP contribution in [0.15, 0.2) is 48.5 Å². The SMILES string of the molecule is CC(C)CCC[C@H](C)NC(=O)c1c(N)n(Cc2cccc(C(F)(F)F)c2)c2nc3ccccc3nc12. The van der Waals surface area contributed by atoms with Crippen LogP contribution in [0.5, 0.6) is 0 Å². The summed E-state index contributed by atoms with van der Waals surface area (Å²) in [6.45, 7) is 6.27. The van der Waals surface area contributed by atoms with Gasteiger partial charge in [-0.15, -0.1) is 0 Å². The second-order valence-electron chi connectivity index (χ2n) is 9.63. The molecule has 36 heavy (non-hydrogen) atoms. The molecule has 3 N–H and O–H groups in total. The van der Waals surface area contributed by atoms with Crippen LogP contribution in [0.3, 0.4) is 0 Å². The van der Waals surface area contributed by atoms with Gasteiger partial charge in [0.25, 0.3) is 5.91 Å². The summed E-state index contributed by atoms with van der Waals surface area (Å²) in [7, 11) is 0. The molecule has 1 amide bonds. The molecule has 2 aromatic carbocycles. The molecular formula is C27H30F3N5O. The molecule has 0 unspecified atom stereocenters. The first-order valence-corrected chi connectivity index (χ1v) is 12.1. The zero-order valence-electron chi connectivity index (χ0n) is 20.6. The number of alkyl halides is 3. The van der Waals surface area contributed by atoms with Crippen LogP contribution in [0.1, 0.15) is 61.5 Å². The fraction of sp³-hybridized carbons (Fsp3) is 0.370. The van der Waals surface area contributed by atoms with Crippen molar-refractivity contribution in [3.05, 3.63) is 65.2 Å². The van der Waals surface area contributed by atoms with Gasteiger partial charge in [0.15, 0.2) is 5.65 Å². The van der Waals surface area contributed by atoms with Crippen molar-refractivity contribution < 1.29 is 18.0 Å². The third-order valence-electron chi connectivity index (χ3n) is 6.21. The summed E-state index contributed by atoms with van der Waals surface area (Å²) < 4.78 is 41.4. The van der Waals surface area contributed by atoms with Gasteiger partial charge in [-0.1, -0.05) is 51.0 Å². The van der Waals surface area contributed by atoms with Crippen LogP contribution in [0.4, 0.5) is 19.0 Å². The highest BCUT2D eigenvalue weighted by atomic mass is 19.4. The Bertz CT molecular complexity index is 1390. The number of aromatic nitrogens is 3. The minimum atomic E-state index is -4.47. The van der Waals surface area contributed by atoms with E-state index in [0.29, 0.717) is 33.7 Å². The summed E-state index contributed by atoms with van der Waals surface area (Å²) in [5, 5.41) is 3.01. The van der Waals surface area contributed by atoms with Crippen LogP contribution >= 0.6 is 0 Å². The fourth-order valence-electron chi connectivity index (χ4n) is 4.33. The van der Waals surface area contributed by atoms with Gasteiger partial charge in [-0.3, -0.25) is 4.79 Å². The van der Waals surface area contributed by atoms with Crippen molar-refractivity contribution in [3.63, 3.8) is 0 Å².